The lowest BCUT2D eigenvalue weighted by Gasteiger charge is -2.13. The largest absolute Gasteiger partial charge is 0.491 e. The molecule has 1 aromatic carbocycles. The summed E-state index contributed by atoms with van der Waals surface area (Å²) in [6.45, 7) is 4.90. The molecular weight excluding hydrogens is 268 g/mol. The summed E-state index contributed by atoms with van der Waals surface area (Å²) < 4.78 is 10.8. The van der Waals surface area contributed by atoms with Crippen LogP contribution in [0.25, 0.3) is 0 Å². The number of hydrogen-bond donors (Lipinski definition) is 1. The van der Waals surface area contributed by atoms with Gasteiger partial charge in [-0.1, -0.05) is 25.5 Å². The van der Waals surface area contributed by atoms with E-state index < -0.39 is 6.10 Å². The molecule has 0 spiro atoms. The van der Waals surface area contributed by atoms with Crippen molar-refractivity contribution in [1.29, 1.82) is 0 Å². The van der Waals surface area contributed by atoms with Crippen LogP contribution in [0.1, 0.15) is 38.7 Å². The van der Waals surface area contributed by atoms with Gasteiger partial charge in [0.1, 0.15) is 24.2 Å². The molecule has 0 aromatic heterocycles. The van der Waals surface area contributed by atoms with Crippen molar-refractivity contribution in [1.82, 2.24) is 0 Å². The molecule has 1 atom stereocenters. The van der Waals surface area contributed by atoms with Crippen molar-refractivity contribution in [2.75, 3.05) is 19.8 Å². The first-order valence-electron chi connectivity index (χ1n) is 7.58. The molecule has 21 heavy (non-hydrogen) atoms. The summed E-state index contributed by atoms with van der Waals surface area (Å²) in [6, 6.07) is 7.62. The normalized spacial score (nSPS) is 12.1. The lowest BCUT2D eigenvalue weighted by molar-refractivity contribution is -0.116. The summed E-state index contributed by atoms with van der Waals surface area (Å²) in [5.74, 6) is 0.913. The van der Waals surface area contributed by atoms with Crippen molar-refractivity contribution in [3.8, 4) is 5.75 Å². The quantitative estimate of drug-likeness (QED) is 0.638. The second kappa shape index (κ2) is 10.4. The Morgan fingerprint density at radius 3 is 2.57 bits per heavy atom. The van der Waals surface area contributed by atoms with Gasteiger partial charge in [-0.3, -0.25) is 0 Å². The molecule has 4 heteroatoms. The minimum Gasteiger partial charge on any atom is -0.491 e. The maximum atomic E-state index is 10.9. The summed E-state index contributed by atoms with van der Waals surface area (Å²) in [7, 11) is 0. The highest BCUT2D eigenvalue weighted by Gasteiger charge is 2.05. The summed E-state index contributed by atoms with van der Waals surface area (Å²) in [5.41, 5.74) is 1.11. The first kappa shape index (κ1) is 17.7. The first-order chi connectivity index (χ1) is 10.1. The van der Waals surface area contributed by atoms with Gasteiger partial charge >= 0.3 is 0 Å². The maximum absolute atomic E-state index is 10.9. The minimum atomic E-state index is -0.612. The molecule has 0 bridgehead atoms. The van der Waals surface area contributed by atoms with Gasteiger partial charge in [-0.15, -0.1) is 0 Å². The zero-order valence-electron chi connectivity index (χ0n) is 13.0. The topological polar surface area (TPSA) is 55.8 Å². The molecule has 0 saturated heterocycles. The summed E-state index contributed by atoms with van der Waals surface area (Å²) in [4.78, 5) is 10.9. The first-order valence-corrected chi connectivity index (χ1v) is 7.58. The Morgan fingerprint density at radius 2 is 1.95 bits per heavy atom. The Hall–Kier alpha value is -1.39. The van der Waals surface area contributed by atoms with E-state index in [2.05, 4.69) is 6.92 Å². The van der Waals surface area contributed by atoms with E-state index in [1.165, 1.54) is 0 Å². The van der Waals surface area contributed by atoms with Crippen LogP contribution in [0.5, 0.6) is 5.75 Å². The molecule has 0 fully saturated rings. The number of ether oxygens (including phenoxy) is 2. The average molecular weight is 294 g/mol. The summed E-state index contributed by atoms with van der Waals surface area (Å²) >= 11 is 0. The van der Waals surface area contributed by atoms with Gasteiger partial charge in [-0.2, -0.15) is 0 Å². The van der Waals surface area contributed by atoms with Crippen LogP contribution in [-0.4, -0.2) is 36.8 Å². The molecule has 0 heterocycles. The lowest BCUT2D eigenvalue weighted by Crippen LogP contribution is -2.23. The van der Waals surface area contributed by atoms with E-state index >= 15 is 0 Å². The fraction of sp³-hybridized carbons (Fsp3) is 0.588. The number of aliphatic hydroxyl groups is 1. The number of unbranched alkanes of at least 4 members (excludes halogenated alkanes) is 1. The molecule has 1 unspecified atom stereocenters. The van der Waals surface area contributed by atoms with Crippen LogP contribution >= 0.6 is 0 Å². The fourth-order valence-corrected chi connectivity index (χ4v) is 1.78. The smallest absolute Gasteiger partial charge is 0.130 e. The van der Waals surface area contributed by atoms with Crippen LogP contribution in [0.3, 0.4) is 0 Å². The number of rotatable bonds is 11. The van der Waals surface area contributed by atoms with Gasteiger partial charge in [0.25, 0.3) is 0 Å². The van der Waals surface area contributed by atoms with Crippen molar-refractivity contribution < 1.29 is 19.4 Å². The molecule has 0 amide bonds. The predicted molar refractivity (Wildman–Crippen MR) is 82.7 cm³/mol. The Kier molecular flexibility index (Phi) is 8.71. The van der Waals surface area contributed by atoms with Gasteiger partial charge in [0.05, 0.1) is 6.61 Å². The molecular formula is C17H26O4. The fourth-order valence-electron chi connectivity index (χ4n) is 1.78. The zero-order valence-corrected chi connectivity index (χ0v) is 13.0. The Balaban J connectivity index is 2.24. The second-order valence-electron chi connectivity index (χ2n) is 5.24. The van der Waals surface area contributed by atoms with Gasteiger partial charge in [0.15, 0.2) is 0 Å². The van der Waals surface area contributed by atoms with Gasteiger partial charge < -0.3 is 19.4 Å². The number of aryl methyl sites for hydroxylation is 1. The molecule has 1 rings (SSSR count). The molecule has 0 saturated carbocycles. The van der Waals surface area contributed by atoms with Crippen molar-refractivity contribution in [3.05, 3.63) is 29.8 Å². The third kappa shape index (κ3) is 8.48. The standard InChI is InChI=1S/C17H26O4/c1-3-4-11-20-12-16(19)13-21-17-9-7-15(8-10-17)6-5-14(2)18/h7-10,16,19H,3-6,11-13H2,1-2H3. The zero-order chi connectivity index (χ0) is 15.5. The highest BCUT2D eigenvalue weighted by molar-refractivity contribution is 5.75. The van der Waals surface area contributed by atoms with Crippen molar-refractivity contribution in [2.24, 2.45) is 0 Å². The molecule has 1 aromatic rings. The van der Waals surface area contributed by atoms with Crippen LogP contribution in [0.15, 0.2) is 24.3 Å². The maximum Gasteiger partial charge on any atom is 0.130 e. The number of carbonyl (C=O) groups excluding carboxylic acids is 1. The molecule has 0 aliphatic rings. The molecule has 4 nitrogen and oxygen atoms in total. The molecule has 0 aliphatic heterocycles. The van der Waals surface area contributed by atoms with E-state index in [-0.39, 0.29) is 12.4 Å². The van der Waals surface area contributed by atoms with Crippen molar-refractivity contribution in [2.45, 2.75) is 45.6 Å². The van der Waals surface area contributed by atoms with Gasteiger partial charge in [-0.25, -0.2) is 0 Å². The Labute approximate surface area is 127 Å². The number of aliphatic hydroxyl groups excluding tert-OH is 1. The second-order valence-corrected chi connectivity index (χ2v) is 5.24. The number of hydrogen-bond acceptors (Lipinski definition) is 4. The summed E-state index contributed by atoms with van der Waals surface area (Å²) in [5, 5.41) is 9.72. The number of benzene rings is 1. The van der Waals surface area contributed by atoms with E-state index in [0.717, 1.165) is 24.8 Å². The Bertz CT molecular complexity index is 400. The number of Topliss-reactive ketones (excluding diaryl/α,β-unsaturated/α-hetero) is 1. The van der Waals surface area contributed by atoms with E-state index in [1.807, 2.05) is 24.3 Å². The molecule has 0 aliphatic carbocycles. The van der Waals surface area contributed by atoms with Gasteiger partial charge in [-0.05, 0) is 37.5 Å². The Morgan fingerprint density at radius 1 is 1.24 bits per heavy atom. The SMILES string of the molecule is CCCCOCC(O)COc1ccc(CCC(C)=O)cc1. The van der Waals surface area contributed by atoms with E-state index in [4.69, 9.17) is 9.47 Å². The molecule has 0 radical (unpaired) electrons. The minimum absolute atomic E-state index is 0.196. The van der Waals surface area contributed by atoms with E-state index in [1.54, 1.807) is 6.92 Å². The monoisotopic (exact) mass is 294 g/mol. The van der Waals surface area contributed by atoms with E-state index in [0.29, 0.717) is 25.4 Å². The third-order valence-corrected chi connectivity index (χ3v) is 3.08. The summed E-state index contributed by atoms with van der Waals surface area (Å²) in [6.07, 6.45) is 2.80. The third-order valence-electron chi connectivity index (χ3n) is 3.08. The predicted octanol–water partition coefficient (Wildman–Crippen LogP) is 2.76. The van der Waals surface area contributed by atoms with Crippen LogP contribution < -0.4 is 4.74 Å². The van der Waals surface area contributed by atoms with Crippen LogP contribution in [0.2, 0.25) is 0 Å². The van der Waals surface area contributed by atoms with Gasteiger partial charge in [0, 0.05) is 13.0 Å². The van der Waals surface area contributed by atoms with Crippen molar-refractivity contribution >= 4 is 5.78 Å². The van der Waals surface area contributed by atoms with Crippen LogP contribution in [0, 0.1) is 0 Å². The molecule has 1 N–H and O–H groups in total. The van der Waals surface area contributed by atoms with Crippen molar-refractivity contribution in [3.63, 3.8) is 0 Å². The van der Waals surface area contributed by atoms with E-state index in [9.17, 15) is 9.90 Å². The average Bonchev–Trinajstić information content (AvgIpc) is 2.48. The molecule has 118 valence electrons. The number of carbonyl (C=O) groups is 1. The number of ketones is 1. The lowest BCUT2D eigenvalue weighted by atomic mass is 10.1. The highest BCUT2D eigenvalue weighted by atomic mass is 16.5. The van der Waals surface area contributed by atoms with Crippen LogP contribution in [-0.2, 0) is 16.0 Å². The van der Waals surface area contributed by atoms with Crippen LogP contribution in [0.4, 0.5) is 0 Å². The van der Waals surface area contributed by atoms with Gasteiger partial charge in [0.2, 0.25) is 0 Å². The highest BCUT2D eigenvalue weighted by Crippen LogP contribution is 2.13.